The quantitative estimate of drug-likeness (QED) is 0.766. The zero-order chi connectivity index (χ0) is 14.2. The summed E-state index contributed by atoms with van der Waals surface area (Å²) in [6.45, 7) is 4.33. The van der Waals surface area contributed by atoms with E-state index in [1.54, 1.807) is 6.92 Å². The van der Waals surface area contributed by atoms with Crippen LogP contribution in [0.25, 0.3) is 0 Å². The number of carbonyl (C=O) groups excluding carboxylic acids is 1. The van der Waals surface area contributed by atoms with Crippen LogP contribution in [0, 0.1) is 5.41 Å². The van der Waals surface area contributed by atoms with Crippen LogP contribution in [-0.4, -0.2) is 58.3 Å². The molecule has 0 aromatic rings. The highest BCUT2D eigenvalue weighted by Crippen LogP contribution is 2.38. The van der Waals surface area contributed by atoms with E-state index >= 15 is 0 Å². The molecule has 0 aromatic carbocycles. The molecule has 7 heteroatoms. The molecule has 2 fully saturated rings. The first kappa shape index (κ1) is 14.6. The zero-order valence-electron chi connectivity index (χ0n) is 11.2. The Kier molecular flexibility index (Phi) is 4.08. The third kappa shape index (κ3) is 2.34. The van der Waals surface area contributed by atoms with E-state index in [1.807, 2.05) is 6.92 Å². The van der Waals surface area contributed by atoms with Crippen molar-refractivity contribution in [1.29, 1.82) is 0 Å². The van der Waals surface area contributed by atoms with Gasteiger partial charge in [0.15, 0.2) is 0 Å². The van der Waals surface area contributed by atoms with E-state index in [9.17, 15) is 14.7 Å². The molecular weight excluding hydrogens is 268 g/mol. The van der Waals surface area contributed by atoms with Crippen LogP contribution >= 0.6 is 11.8 Å². The average molecular weight is 288 g/mol. The van der Waals surface area contributed by atoms with Crippen molar-refractivity contribution >= 4 is 23.6 Å². The van der Waals surface area contributed by atoms with Gasteiger partial charge in [-0.2, -0.15) is 0 Å². The normalized spacial score (nSPS) is 38.7. The number of rotatable bonds is 3. The van der Waals surface area contributed by atoms with Crippen molar-refractivity contribution in [3.63, 3.8) is 0 Å². The van der Waals surface area contributed by atoms with E-state index in [-0.39, 0.29) is 23.9 Å². The standard InChI is InChI=1S/C12H20N2O4S/c1-3-9-14(7(5-19-9)10(15)16)11(17)12(2)6-18-4-8(12)13/h7-9H,3-6,13H2,1-2H3,(H,15,16). The number of carboxylic acids is 1. The van der Waals surface area contributed by atoms with Crippen molar-refractivity contribution in [3.8, 4) is 0 Å². The van der Waals surface area contributed by atoms with Gasteiger partial charge in [-0.05, 0) is 13.3 Å². The SMILES string of the molecule is CCC1SCC(C(=O)O)N1C(=O)C1(C)COCC1N. The molecular formula is C12H20N2O4S. The van der Waals surface area contributed by atoms with E-state index in [0.717, 1.165) is 6.42 Å². The fourth-order valence-electron chi connectivity index (χ4n) is 2.54. The Morgan fingerprint density at radius 3 is 2.74 bits per heavy atom. The summed E-state index contributed by atoms with van der Waals surface area (Å²) in [6.07, 6.45) is 0.729. The van der Waals surface area contributed by atoms with Crippen LogP contribution in [0.15, 0.2) is 0 Å². The molecule has 2 aliphatic heterocycles. The lowest BCUT2D eigenvalue weighted by Gasteiger charge is -2.35. The maximum Gasteiger partial charge on any atom is 0.327 e. The van der Waals surface area contributed by atoms with Gasteiger partial charge in [0.05, 0.1) is 24.0 Å². The molecule has 108 valence electrons. The number of hydrogen-bond acceptors (Lipinski definition) is 5. The summed E-state index contributed by atoms with van der Waals surface area (Å²) in [6, 6.07) is -1.13. The second-order valence-corrected chi connectivity index (χ2v) is 6.51. The smallest absolute Gasteiger partial charge is 0.327 e. The van der Waals surface area contributed by atoms with Gasteiger partial charge in [-0.1, -0.05) is 6.92 Å². The Morgan fingerprint density at radius 2 is 2.26 bits per heavy atom. The van der Waals surface area contributed by atoms with Gasteiger partial charge in [-0.25, -0.2) is 4.79 Å². The summed E-state index contributed by atoms with van der Waals surface area (Å²) in [5.74, 6) is -0.708. The second kappa shape index (κ2) is 5.30. The number of ether oxygens (including phenoxy) is 1. The van der Waals surface area contributed by atoms with Crippen molar-refractivity contribution in [3.05, 3.63) is 0 Å². The molecule has 0 aromatic heterocycles. The third-order valence-electron chi connectivity index (χ3n) is 3.97. The molecule has 0 radical (unpaired) electrons. The molecule has 4 unspecified atom stereocenters. The van der Waals surface area contributed by atoms with Gasteiger partial charge >= 0.3 is 5.97 Å². The number of thioether (sulfide) groups is 1. The largest absolute Gasteiger partial charge is 0.480 e. The number of carboxylic acid groups (broad SMARTS) is 1. The average Bonchev–Trinajstić information content (AvgIpc) is 2.93. The Labute approximate surface area is 116 Å². The highest BCUT2D eigenvalue weighted by atomic mass is 32.2. The molecule has 0 aliphatic carbocycles. The van der Waals surface area contributed by atoms with Crippen LogP contribution in [0.1, 0.15) is 20.3 Å². The van der Waals surface area contributed by atoms with Gasteiger partial charge in [0.2, 0.25) is 5.91 Å². The molecule has 2 heterocycles. The van der Waals surface area contributed by atoms with E-state index < -0.39 is 17.4 Å². The maximum atomic E-state index is 12.8. The van der Waals surface area contributed by atoms with Crippen molar-refractivity contribution in [2.24, 2.45) is 11.1 Å². The Bertz CT molecular complexity index is 392. The lowest BCUT2D eigenvalue weighted by atomic mass is 9.83. The minimum Gasteiger partial charge on any atom is -0.480 e. The summed E-state index contributed by atoms with van der Waals surface area (Å²) in [7, 11) is 0. The van der Waals surface area contributed by atoms with Crippen LogP contribution in [0.2, 0.25) is 0 Å². The van der Waals surface area contributed by atoms with Crippen molar-refractivity contribution in [2.75, 3.05) is 19.0 Å². The predicted molar refractivity (Wildman–Crippen MR) is 71.7 cm³/mol. The predicted octanol–water partition coefficient (Wildman–Crippen LogP) is 0.115. The molecule has 0 saturated carbocycles. The third-order valence-corrected chi connectivity index (χ3v) is 5.42. The molecule has 2 aliphatic rings. The fraction of sp³-hybridized carbons (Fsp3) is 0.833. The fourth-order valence-corrected chi connectivity index (χ4v) is 3.89. The minimum atomic E-state index is -0.951. The molecule has 6 nitrogen and oxygen atoms in total. The van der Waals surface area contributed by atoms with E-state index in [2.05, 4.69) is 0 Å². The molecule has 19 heavy (non-hydrogen) atoms. The summed E-state index contributed by atoms with van der Waals surface area (Å²) in [5, 5.41) is 9.18. The summed E-state index contributed by atoms with van der Waals surface area (Å²) < 4.78 is 5.29. The topological polar surface area (TPSA) is 92.9 Å². The maximum absolute atomic E-state index is 12.8. The van der Waals surface area contributed by atoms with Crippen LogP contribution < -0.4 is 5.73 Å². The number of nitrogens with two attached hydrogens (primary N) is 1. The van der Waals surface area contributed by atoms with Gasteiger partial charge < -0.3 is 20.5 Å². The lowest BCUT2D eigenvalue weighted by molar-refractivity contribution is -0.154. The molecule has 2 rings (SSSR count). The number of aliphatic carboxylic acids is 1. The number of hydrogen-bond donors (Lipinski definition) is 2. The first-order valence-electron chi connectivity index (χ1n) is 6.42. The van der Waals surface area contributed by atoms with Crippen molar-refractivity contribution < 1.29 is 19.4 Å². The first-order valence-corrected chi connectivity index (χ1v) is 7.47. The van der Waals surface area contributed by atoms with Crippen molar-refractivity contribution in [1.82, 2.24) is 4.90 Å². The molecule has 0 bridgehead atoms. The van der Waals surface area contributed by atoms with Crippen LogP contribution in [0.4, 0.5) is 0 Å². The first-order chi connectivity index (χ1) is 8.91. The highest BCUT2D eigenvalue weighted by Gasteiger charge is 2.52. The van der Waals surface area contributed by atoms with Gasteiger partial charge in [0, 0.05) is 11.8 Å². The molecule has 2 saturated heterocycles. The second-order valence-electron chi connectivity index (χ2n) is 5.30. The molecule has 0 spiro atoms. The summed E-state index contributed by atoms with van der Waals surface area (Å²) in [4.78, 5) is 25.6. The summed E-state index contributed by atoms with van der Waals surface area (Å²) in [5.41, 5.74) is 5.15. The van der Waals surface area contributed by atoms with Gasteiger partial charge in [-0.3, -0.25) is 4.79 Å². The Morgan fingerprint density at radius 1 is 1.58 bits per heavy atom. The minimum absolute atomic E-state index is 0.0850. The number of nitrogens with zero attached hydrogens (tertiary/aromatic N) is 1. The number of carbonyl (C=O) groups is 2. The Balaban J connectivity index is 2.26. The van der Waals surface area contributed by atoms with E-state index in [1.165, 1.54) is 16.7 Å². The Hall–Kier alpha value is -0.790. The molecule has 4 atom stereocenters. The van der Waals surface area contributed by atoms with Gasteiger partial charge in [-0.15, -0.1) is 11.8 Å². The van der Waals surface area contributed by atoms with E-state index in [0.29, 0.717) is 12.4 Å². The highest BCUT2D eigenvalue weighted by molar-refractivity contribution is 8.00. The monoisotopic (exact) mass is 288 g/mol. The summed E-state index contributed by atoms with van der Waals surface area (Å²) >= 11 is 1.52. The van der Waals surface area contributed by atoms with Gasteiger partial charge in [0.25, 0.3) is 0 Å². The van der Waals surface area contributed by atoms with Crippen LogP contribution in [0.3, 0.4) is 0 Å². The molecule has 1 amide bonds. The van der Waals surface area contributed by atoms with Gasteiger partial charge in [0.1, 0.15) is 6.04 Å². The van der Waals surface area contributed by atoms with Crippen molar-refractivity contribution in [2.45, 2.75) is 37.7 Å². The van der Waals surface area contributed by atoms with Crippen LogP contribution in [-0.2, 0) is 14.3 Å². The van der Waals surface area contributed by atoms with Crippen LogP contribution in [0.5, 0.6) is 0 Å². The zero-order valence-corrected chi connectivity index (χ0v) is 12.0. The molecule has 3 N–H and O–H groups in total. The number of amides is 1. The lowest BCUT2D eigenvalue weighted by Crippen LogP contribution is -2.56. The van der Waals surface area contributed by atoms with E-state index in [4.69, 9.17) is 10.5 Å².